The van der Waals surface area contributed by atoms with Crippen LogP contribution in [0.15, 0.2) is 48.5 Å². The fraction of sp³-hybridized carbons (Fsp3) is 0.391. The van der Waals surface area contributed by atoms with Gasteiger partial charge < -0.3 is 19.5 Å². The highest BCUT2D eigenvalue weighted by Crippen LogP contribution is 2.23. The first-order valence-corrected chi connectivity index (χ1v) is 9.87. The molecule has 0 radical (unpaired) electrons. The zero-order chi connectivity index (χ0) is 21.1. The first-order valence-electron chi connectivity index (χ1n) is 9.87. The maximum Gasteiger partial charge on any atom is 0.308 e. The van der Waals surface area contributed by atoms with Crippen LogP contribution < -0.4 is 14.8 Å². The summed E-state index contributed by atoms with van der Waals surface area (Å²) in [5.74, 6) is 0.950. The Morgan fingerprint density at radius 2 is 1.83 bits per heavy atom. The third-order valence-corrected chi connectivity index (χ3v) is 4.40. The van der Waals surface area contributed by atoms with Crippen LogP contribution in [-0.4, -0.2) is 32.2 Å². The van der Waals surface area contributed by atoms with E-state index in [0.29, 0.717) is 25.4 Å². The van der Waals surface area contributed by atoms with Gasteiger partial charge in [-0.1, -0.05) is 30.3 Å². The lowest BCUT2D eigenvalue weighted by Crippen LogP contribution is -2.30. The molecule has 0 saturated heterocycles. The van der Waals surface area contributed by atoms with E-state index in [1.165, 1.54) is 0 Å². The minimum absolute atomic E-state index is 0.0578. The van der Waals surface area contributed by atoms with Crippen molar-refractivity contribution < 1.29 is 23.8 Å². The van der Waals surface area contributed by atoms with Crippen molar-refractivity contribution in [2.24, 2.45) is 0 Å². The van der Waals surface area contributed by atoms with E-state index in [0.717, 1.165) is 16.9 Å². The molecule has 156 valence electrons. The van der Waals surface area contributed by atoms with Gasteiger partial charge in [-0.15, -0.1) is 0 Å². The molecule has 29 heavy (non-hydrogen) atoms. The second-order valence-electron chi connectivity index (χ2n) is 6.45. The topological polar surface area (TPSA) is 73.9 Å². The van der Waals surface area contributed by atoms with Gasteiger partial charge in [0.05, 0.1) is 32.8 Å². The van der Waals surface area contributed by atoms with E-state index >= 15 is 0 Å². The molecular weight excluding hydrogens is 370 g/mol. The SMILES string of the molecule is CCOC(=O)CC(NC(=O)CCc1ccccc1OCC)c1cccc(OC)c1. The highest BCUT2D eigenvalue weighted by atomic mass is 16.5. The summed E-state index contributed by atoms with van der Waals surface area (Å²) < 4.78 is 15.9. The van der Waals surface area contributed by atoms with Crippen molar-refractivity contribution in [2.75, 3.05) is 20.3 Å². The normalized spacial score (nSPS) is 11.4. The molecule has 2 aromatic rings. The number of benzene rings is 2. The average Bonchev–Trinajstić information content (AvgIpc) is 2.73. The number of nitrogens with one attached hydrogen (secondary N) is 1. The van der Waals surface area contributed by atoms with Crippen molar-refractivity contribution in [3.63, 3.8) is 0 Å². The third kappa shape index (κ3) is 7.14. The molecule has 1 atom stereocenters. The van der Waals surface area contributed by atoms with Gasteiger partial charge in [-0.3, -0.25) is 9.59 Å². The first kappa shape index (κ1) is 22.3. The highest BCUT2D eigenvalue weighted by Gasteiger charge is 2.20. The van der Waals surface area contributed by atoms with Gasteiger partial charge in [-0.2, -0.15) is 0 Å². The zero-order valence-corrected chi connectivity index (χ0v) is 17.3. The predicted molar refractivity (Wildman–Crippen MR) is 111 cm³/mol. The van der Waals surface area contributed by atoms with Gasteiger partial charge in [0.2, 0.25) is 5.91 Å². The van der Waals surface area contributed by atoms with Crippen LogP contribution in [0.1, 0.15) is 43.9 Å². The quantitative estimate of drug-likeness (QED) is 0.581. The molecular formula is C23H29NO5. The lowest BCUT2D eigenvalue weighted by atomic mass is 10.0. The molecule has 6 heteroatoms. The Labute approximate surface area is 172 Å². The van der Waals surface area contributed by atoms with Crippen LogP contribution in [0.3, 0.4) is 0 Å². The van der Waals surface area contributed by atoms with E-state index in [2.05, 4.69) is 5.32 Å². The largest absolute Gasteiger partial charge is 0.497 e. The molecule has 0 heterocycles. The molecule has 0 aliphatic heterocycles. The van der Waals surface area contributed by atoms with Crippen LogP contribution in [0.4, 0.5) is 0 Å². The summed E-state index contributed by atoms with van der Waals surface area (Å²) in [7, 11) is 1.58. The molecule has 1 N–H and O–H groups in total. The molecule has 0 bridgehead atoms. The number of hydrogen-bond donors (Lipinski definition) is 1. The van der Waals surface area contributed by atoms with E-state index in [-0.39, 0.29) is 24.7 Å². The van der Waals surface area contributed by atoms with Crippen LogP contribution in [-0.2, 0) is 20.7 Å². The Kier molecular flexibility index (Phi) is 9.02. The second-order valence-corrected chi connectivity index (χ2v) is 6.45. The van der Waals surface area contributed by atoms with Crippen LogP contribution in [0.25, 0.3) is 0 Å². The summed E-state index contributed by atoms with van der Waals surface area (Å²) in [6.45, 7) is 4.55. The molecule has 0 fully saturated rings. The smallest absolute Gasteiger partial charge is 0.308 e. The molecule has 1 amide bonds. The molecule has 6 nitrogen and oxygen atoms in total. The van der Waals surface area contributed by atoms with Gasteiger partial charge in [0, 0.05) is 6.42 Å². The van der Waals surface area contributed by atoms with Gasteiger partial charge in [-0.25, -0.2) is 0 Å². The summed E-state index contributed by atoms with van der Waals surface area (Å²) in [5.41, 5.74) is 1.77. The average molecular weight is 399 g/mol. The molecule has 2 rings (SSSR count). The minimum atomic E-state index is -0.487. The van der Waals surface area contributed by atoms with E-state index in [1.54, 1.807) is 14.0 Å². The van der Waals surface area contributed by atoms with Gasteiger partial charge >= 0.3 is 5.97 Å². The number of ether oxygens (including phenoxy) is 3. The third-order valence-electron chi connectivity index (χ3n) is 4.40. The maximum absolute atomic E-state index is 12.6. The monoisotopic (exact) mass is 399 g/mol. The molecule has 0 saturated carbocycles. The highest BCUT2D eigenvalue weighted by molar-refractivity contribution is 5.78. The Hall–Kier alpha value is -3.02. The van der Waals surface area contributed by atoms with E-state index in [4.69, 9.17) is 14.2 Å². The Morgan fingerprint density at radius 1 is 1.03 bits per heavy atom. The van der Waals surface area contributed by atoms with Crippen LogP contribution >= 0.6 is 0 Å². The summed E-state index contributed by atoms with van der Waals surface area (Å²) in [4.78, 5) is 24.7. The zero-order valence-electron chi connectivity index (χ0n) is 17.3. The Morgan fingerprint density at radius 3 is 2.55 bits per heavy atom. The van der Waals surface area contributed by atoms with E-state index in [9.17, 15) is 9.59 Å². The van der Waals surface area contributed by atoms with Crippen molar-refractivity contribution in [3.8, 4) is 11.5 Å². The van der Waals surface area contributed by atoms with Gasteiger partial charge in [0.25, 0.3) is 0 Å². The van der Waals surface area contributed by atoms with Crippen molar-refractivity contribution in [1.82, 2.24) is 5.32 Å². The summed E-state index contributed by atoms with van der Waals surface area (Å²) >= 11 is 0. The lowest BCUT2D eigenvalue weighted by molar-refractivity contribution is -0.143. The Balaban J connectivity index is 2.07. The molecule has 1 unspecified atom stereocenters. The number of esters is 1. The van der Waals surface area contributed by atoms with E-state index in [1.807, 2.05) is 55.5 Å². The van der Waals surface area contributed by atoms with Gasteiger partial charge in [0.1, 0.15) is 11.5 Å². The first-order chi connectivity index (χ1) is 14.1. The van der Waals surface area contributed by atoms with Crippen molar-refractivity contribution in [3.05, 3.63) is 59.7 Å². The summed E-state index contributed by atoms with van der Waals surface area (Å²) in [5, 5.41) is 2.96. The van der Waals surface area contributed by atoms with Gasteiger partial charge in [-0.05, 0) is 49.6 Å². The number of amides is 1. The number of para-hydroxylation sites is 1. The maximum atomic E-state index is 12.6. The minimum Gasteiger partial charge on any atom is -0.497 e. The number of methoxy groups -OCH3 is 1. The Bertz CT molecular complexity index is 805. The number of aryl methyl sites for hydroxylation is 1. The molecule has 0 aromatic heterocycles. The number of rotatable bonds is 11. The fourth-order valence-electron chi connectivity index (χ4n) is 3.02. The number of carbonyl (C=O) groups excluding carboxylic acids is 2. The summed E-state index contributed by atoms with van der Waals surface area (Å²) in [6, 6.07) is 14.5. The number of hydrogen-bond acceptors (Lipinski definition) is 5. The molecule has 2 aromatic carbocycles. The van der Waals surface area contributed by atoms with Crippen LogP contribution in [0, 0.1) is 0 Å². The molecule has 0 spiro atoms. The number of carbonyl (C=O) groups is 2. The predicted octanol–water partition coefficient (Wildman–Crippen LogP) is 3.84. The lowest BCUT2D eigenvalue weighted by Gasteiger charge is -2.19. The van der Waals surface area contributed by atoms with Crippen LogP contribution in [0.5, 0.6) is 11.5 Å². The second kappa shape index (κ2) is 11.7. The van der Waals surface area contributed by atoms with E-state index < -0.39 is 6.04 Å². The van der Waals surface area contributed by atoms with Crippen LogP contribution in [0.2, 0.25) is 0 Å². The fourth-order valence-corrected chi connectivity index (χ4v) is 3.02. The van der Waals surface area contributed by atoms with Gasteiger partial charge in [0.15, 0.2) is 0 Å². The van der Waals surface area contributed by atoms with Crippen molar-refractivity contribution in [1.29, 1.82) is 0 Å². The molecule has 0 aliphatic carbocycles. The standard InChI is InChI=1S/C23H29NO5/c1-4-28-21-12-7-6-9-17(21)13-14-22(25)24-20(16-23(26)29-5-2)18-10-8-11-19(15-18)27-3/h6-12,15,20H,4-5,13-14,16H2,1-3H3,(H,24,25). The van der Waals surface area contributed by atoms with Crippen molar-refractivity contribution >= 4 is 11.9 Å². The molecule has 0 aliphatic rings. The summed E-state index contributed by atoms with van der Waals surface area (Å²) in [6.07, 6.45) is 0.891. The van der Waals surface area contributed by atoms with Crippen molar-refractivity contribution in [2.45, 2.75) is 39.2 Å².